The van der Waals surface area contributed by atoms with Gasteiger partial charge in [-0.1, -0.05) is 0 Å². The number of nitrogens with two attached hydrogens (primary N) is 3. The molecule has 0 spiro atoms. The number of phenols is 1. The van der Waals surface area contributed by atoms with Crippen LogP contribution in [0.5, 0.6) is 5.75 Å². The van der Waals surface area contributed by atoms with E-state index in [4.69, 9.17) is 17.2 Å². The van der Waals surface area contributed by atoms with Crippen LogP contribution >= 0.6 is 0 Å². The fourth-order valence-corrected chi connectivity index (χ4v) is 6.50. The Bertz CT molecular complexity index is 1300. The van der Waals surface area contributed by atoms with Crippen LogP contribution in [-0.2, 0) is 27.3 Å². The van der Waals surface area contributed by atoms with Gasteiger partial charge in [-0.15, -0.1) is 0 Å². The number of hydrogen-bond donors (Lipinski definition) is 9. The molecule has 5 rings (SSSR count). The van der Waals surface area contributed by atoms with Crippen molar-refractivity contribution in [2.45, 2.75) is 43.9 Å². The molecule has 1 aromatic rings. The minimum absolute atomic E-state index is 0.0138. The standard InChI is InChI=1S/C26H33N5O7/c27-15-7-12(9-31-8-10-1-3-30-4-2-10)20(32)17-13(15)5-11-6-14-19(28)22(34)18(25(29)37)24(36)26(14,38)23(35)16(11)21(17)33/h7,10-11,14,19,30-33,36,38H,1-6,8-9,27-28H2,(H2,29,37)/t11?,14-,19?,26-/m0/s1. The van der Waals surface area contributed by atoms with Crippen LogP contribution in [0.4, 0.5) is 5.69 Å². The van der Waals surface area contributed by atoms with Crippen molar-refractivity contribution in [3.05, 3.63) is 39.7 Å². The minimum Gasteiger partial charge on any atom is -0.508 e. The van der Waals surface area contributed by atoms with Crippen LogP contribution < -0.4 is 27.8 Å². The summed E-state index contributed by atoms with van der Waals surface area (Å²) in [6, 6.07) is 0.151. The molecule has 4 aliphatic rings. The Morgan fingerprint density at radius 1 is 1.18 bits per heavy atom. The SMILES string of the molecule is NC(=O)C1=C(O)[C@@]2(O)C(=O)C3=C(O)c4c(O)c(CNCC5CCNCC5)cc(N)c4CC3C[C@H]2C(N)C1=O. The van der Waals surface area contributed by atoms with Crippen LogP contribution in [0.25, 0.3) is 5.76 Å². The fraction of sp³-hybridized carbons (Fsp3) is 0.500. The van der Waals surface area contributed by atoms with E-state index in [1.165, 1.54) is 0 Å². The predicted molar refractivity (Wildman–Crippen MR) is 136 cm³/mol. The second kappa shape index (κ2) is 9.38. The van der Waals surface area contributed by atoms with E-state index in [1.807, 2.05) is 0 Å². The number of carbonyl (C=O) groups excluding carboxylic acids is 3. The van der Waals surface area contributed by atoms with Gasteiger partial charge in [0.15, 0.2) is 11.4 Å². The lowest BCUT2D eigenvalue weighted by Gasteiger charge is -2.48. The van der Waals surface area contributed by atoms with Gasteiger partial charge in [-0.3, -0.25) is 14.4 Å². The van der Waals surface area contributed by atoms with Crippen molar-refractivity contribution >= 4 is 28.9 Å². The normalized spacial score (nSPS) is 29.7. The summed E-state index contributed by atoms with van der Waals surface area (Å²) in [5.41, 5.74) is 14.9. The Labute approximate surface area is 218 Å². The zero-order valence-corrected chi connectivity index (χ0v) is 20.8. The Balaban J connectivity index is 1.53. The van der Waals surface area contributed by atoms with Gasteiger partial charge in [-0.2, -0.15) is 0 Å². The van der Waals surface area contributed by atoms with Crippen molar-refractivity contribution in [1.82, 2.24) is 10.6 Å². The minimum atomic E-state index is -2.73. The first kappa shape index (κ1) is 26.2. The molecule has 0 bridgehead atoms. The van der Waals surface area contributed by atoms with Crippen molar-refractivity contribution in [2.75, 3.05) is 25.4 Å². The summed E-state index contributed by atoms with van der Waals surface area (Å²) in [5, 5.41) is 51.2. The number of piperidine rings is 1. The molecule has 12 heteroatoms. The number of anilines is 1. The second-order valence-electron chi connectivity index (χ2n) is 10.7. The van der Waals surface area contributed by atoms with Gasteiger partial charge in [-0.25, -0.2) is 0 Å². The fourth-order valence-electron chi connectivity index (χ4n) is 6.50. The van der Waals surface area contributed by atoms with E-state index in [2.05, 4.69) is 10.6 Å². The van der Waals surface area contributed by atoms with E-state index < -0.39 is 58.0 Å². The Morgan fingerprint density at radius 3 is 2.53 bits per heavy atom. The van der Waals surface area contributed by atoms with Crippen LogP contribution in [0, 0.1) is 17.8 Å². The molecule has 1 aliphatic heterocycles. The number of ketones is 2. The number of primary amides is 1. The van der Waals surface area contributed by atoms with Crippen molar-refractivity contribution in [2.24, 2.45) is 29.2 Å². The number of nitrogens with one attached hydrogen (secondary N) is 2. The topological polar surface area (TPSA) is 234 Å². The molecule has 2 unspecified atom stereocenters. The molecule has 2 fully saturated rings. The highest BCUT2D eigenvalue weighted by Crippen LogP contribution is 2.52. The number of benzene rings is 1. The Hall–Kier alpha value is -3.45. The molecule has 0 radical (unpaired) electrons. The number of hydrogen-bond acceptors (Lipinski definition) is 11. The lowest BCUT2D eigenvalue weighted by Crippen LogP contribution is -2.65. The number of amides is 1. The second-order valence-corrected chi connectivity index (χ2v) is 10.7. The summed E-state index contributed by atoms with van der Waals surface area (Å²) in [6.45, 7) is 2.94. The number of rotatable bonds is 5. The zero-order valence-electron chi connectivity index (χ0n) is 20.8. The highest BCUT2D eigenvalue weighted by molar-refractivity contribution is 6.24. The summed E-state index contributed by atoms with van der Waals surface area (Å²) < 4.78 is 0. The third kappa shape index (κ3) is 3.78. The molecule has 12 nitrogen and oxygen atoms in total. The number of nitrogen functional groups attached to an aromatic ring is 1. The van der Waals surface area contributed by atoms with Gasteiger partial charge >= 0.3 is 0 Å². The van der Waals surface area contributed by atoms with Gasteiger partial charge in [0.25, 0.3) is 5.91 Å². The summed E-state index contributed by atoms with van der Waals surface area (Å²) >= 11 is 0. The van der Waals surface area contributed by atoms with E-state index in [0.717, 1.165) is 32.5 Å². The lowest BCUT2D eigenvalue weighted by atomic mass is 9.58. The molecule has 1 saturated heterocycles. The maximum absolute atomic E-state index is 13.7. The molecule has 3 aliphatic carbocycles. The van der Waals surface area contributed by atoms with Gasteiger partial charge in [-0.05, 0) is 68.8 Å². The molecular formula is C26H33N5O7. The number of phenolic OH excluding ortho intramolecular Hbond substituents is 1. The largest absolute Gasteiger partial charge is 0.508 e. The van der Waals surface area contributed by atoms with Gasteiger partial charge in [0.05, 0.1) is 11.6 Å². The highest BCUT2D eigenvalue weighted by Gasteiger charge is 2.63. The van der Waals surface area contributed by atoms with E-state index in [9.17, 15) is 34.8 Å². The van der Waals surface area contributed by atoms with Crippen LogP contribution in [0.2, 0.25) is 0 Å². The number of aromatic hydroxyl groups is 1. The van der Waals surface area contributed by atoms with Crippen LogP contribution in [0.1, 0.15) is 36.0 Å². The number of carbonyl (C=O) groups is 3. The smallest absolute Gasteiger partial charge is 0.255 e. The number of aliphatic hydroxyl groups excluding tert-OH is 2. The average Bonchev–Trinajstić information content (AvgIpc) is 2.88. The maximum atomic E-state index is 13.7. The van der Waals surface area contributed by atoms with E-state index in [1.54, 1.807) is 6.07 Å². The first-order chi connectivity index (χ1) is 18.0. The molecule has 1 saturated carbocycles. The molecule has 204 valence electrons. The van der Waals surface area contributed by atoms with E-state index in [0.29, 0.717) is 22.7 Å². The molecular weight excluding hydrogens is 494 g/mol. The monoisotopic (exact) mass is 527 g/mol. The van der Waals surface area contributed by atoms with E-state index >= 15 is 0 Å². The number of aliphatic hydroxyl groups is 3. The first-order valence-corrected chi connectivity index (χ1v) is 12.8. The molecule has 1 aromatic carbocycles. The maximum Gasteiger partial charge on any atom is 0.255 e. The van der Waals surface area contributed by atoms with Gasteiger partial charge in [0.2, 0.25) is 5.78 Å². The van der Waals surface area contributed by atoms with Gasteiger partial charge < -0.3 is 48.3 Å². The molecule has 1 amide bonds. The summed E-state index contributed by atoms with van der Waals surface area (Å²) in [6.07, 6.45) is 2.15. The third-order valence-electron chi connectivity index (χ3n) is 8.57. The molecule has 0 aromatic heterocycles. The molecule has 38 heavy (non-hydrogen) atoms. The van der Waals surface area contributed by atoms with Crippen LogP contribution in [-0.4, -0.2) is 69.2 Å². The van der Waals surface area contributed by atoms with E-state index in [-0.39, 0.29) is 36.3 Å². The predicted octanol–water partition coefficient (Wildman–Crippen LogP) is -0.967. The third-order valence-corrected chi connectivity index (χ3v) is 8.57. The summed E-state index contributed by atoms with van der Waals surface area (Å²) in [7, 11) is 0. The van der Waals surface area contributed by atoms with Crippen molar-refractivity contribution in [3.8, 4) is 5.75 Å². The van der Waals surface area contributed by atoms with Gasteiger partial charge in [0, 0.05) is 29.3 Å². The van der Waals surface area contributed by atoms with Gasteiger partial charge in [0.1, 0.15) is 22.8 Å². The molecule has 4 atom stereocenters. The zero-order chi connectivity index (χ0) is 27.5. The Morgan fingerprint density at radius 2 is 1.87 bits per heavy atom. The summed E-state index contributed by atoms with van der Waals surface area (Å²) in [5.74, 6) is -6.85. The van der Waals surface area contributed by atoms with Crippen molar-refractivity contribution in [1.29, 1.82) is 0 Å². The van der Waals surface area contributed by atoms with Crippen LogP contribution in [0.15, 0.2) is 23.0 Å². The number of fused-ring (bicyclic) bond motifs is 3. The average molecular weight is 528 g/mol. The molecule has 1 heterocycles. The summed E-state index contributed by atoms with van der Waals surface area (Å²) in [4.78, 5) is 38.2. The quantitative estimate of drug-likeness (QED) is 0.128. The van der Waals surface area contributed by atoms with Crippen molar-refractivity contribution in [3.63, 3.8) is 0 Å². The number of Topliss-reactive ketones (excluding diaryl/α,β-unsaturated/α-hetero) is 2. The lowest BCUT2D eigenvalue weighted by molar-refractivity contribution is -0.149. The first-order valence-electron chi connectivity index (χ1n) is 12.8. The molecule has 12 N–H and O–H groups in total. The Kier molecular flexibility index (Phi) is 6.46. The highest BCUT2D eigenvalue weighted by atomic mass is 16.3. The van der Waals surface area contributed by atoms with Crippen molar-refractivity contribution < 1.29 is 34.8 Å². The van der Waals surface area contributed by atoms with Crippen LogP contribution in [0.3, 0.4) is 0 Å².